The lowest BCUT2D eigenvalue weighted by Gasteiger charge is -2.06. The van der Waals surface area contributed by atoms with Crippen LogP contribution >= 0.6 is 11.6 Å². The van der Waals surface area contributed by atoms with E-state index in [1.807, 2.05) is 0 Å². The fraction of sp³-hybridized carbons (Fsp3) is 0.0769. The summed E-state index contributed by atoms with van der Waals surface area (Å²) in [5, 5.41) is 2.72. The average Bonchev–Trinajstić information content (AvgIpc) is 2.46. The second-order valence-electron chi connectivity index (χ2n) is 3.75. The molecule has 0 fully saturated rings. The number of carbonyl (C=O) groups is 2. The van der Waals surface area contributed by atoms with Gasteiger partial charge in [0.05, 0.1) is 25.1 Å². The number of rotatable bonds is 3. The first-order chi connectivity index (χ1) is 9.60. The van der Waals surface area contributed by atoms with E-state index in [0.717, 1.165) is 0 Å². The minimum absolute atomic E-state index is 0.0842. The smallest absolute Gasteiger partial charge is 0.337 e. The first-order valence-electron chi connectivity index (χ1n) is 5.57. The summed E-state index contributed by atoms with van der Waals surface area (Å²) in [6.45, 7) is 0. The summed E-state index contributed by atoms with van der Waals surface area (Å²) < 4.78 is 4.61. The van der Waals surface area contributed by atoms with E-state index < -0.39 is 11.9 Å². The van der Waals surface area contributed by atoms with E-state index in [1.54, 1.807) is 18.2 Å². The number of anilines is 1. The highest BCUT2D eigenvalue weighted by Gasteiger charge is 2.11. The van der Waals surface area contributed by atoms with E-state index >= 15 is 0 Å². The molecule has 7 heteroatoms. The molecule has 0 bridgehead atoms. The average molecular weight is 292 g/mol. The number of methoxy groups -OCH3 is 1. The van der Waals surface area contributed by atoms with Crippen LogP contribution in [0, 0.1) is 0 Å². The maximum absolute atomic E-state index is 11.9. The van der Waals surface area contributed by atoms with Crippen LogP contribution in [0.25, 0.3) is 0 Å². The third kappa shape index (κ3) is 3.30. The molecule has 0 radical (unpaired) electrons. The van der Waals surface area contributed by atoms with Crippen molar-refractivity contribution in [2.24, 2.45) is 0 Å². The Kier molecular flexibility index (Phi) is 4.27. The molecule has 1 aromatic heterocycles. The van der Waals surface area contributed by atoms with Crippen LogP contribution in [0.5, 0.6) is 0 Å². The molecule has 0 atom stereocenters. The number of benzene rings is 1. The second-order valence-corrected chi connectivity index (χ2v) is 4.14. The summed E-state index contributed by atoms with van der Waals surface area (Å²) in [7, 11) is 1.29. The molecule has 0 saturated heterocycles. The summed E-state index contributed by atoms with van der Waals surface area (Å²) in [6.07, 6.45) is 2.63. The van der Waals surface area contributed by atoms with Crippen LogP contribution in [-0.2, 0) is 4.74 Å². The van der Waals surface area contributed by atoms with Crippen LogP contribution in [0.3, 0.4) is 0 Å². The lowest BCUT2D eigenvalue weighted by molar-refractivity contribution is 0.0600. The zero-order chi connectivity index (χ0) is 14.5. The standard InChI is InChI=1S/C13H10ClN3O3/c1-20-13(19)8-3-2-4-9(5-8)16-12(18)10-6-15-7-11(14)17-10/h2-7H,1H3,(H,16,18). The predicted molar refractivity (Wildman–Crippen MR) is 72.8 cm³/mol. The van der Waals surface area contributed by atoms with Crippen molar-refractivity contribution in [1.82, 2.24) is 9.97 Å². The third-order valence-electron chi connectivity index (χ3n) is 2.38. The van der Waals surface area contributed by atoms with E-state index in [1.165, 1.54) is 25.6 Å². The summed E-state index contributed by atoms with van der Waals surface area (Å²) in [5.74, 6) is -0.953. The number of nitrogens with zero attached hydrogens (tertiary/aromatic N) is 2. The van der Waals surface area contributed by atoms with Gasteiger partial charge in [0.1, 0.15) is 10.8 Å². The van der Waals surface area contributed by atoms with Crippen LogP contribution < -0.4 is 5.32 Å². The van der Waals surface area contributed by atoms with Gasteiger partial charge < -0.3 is 10.1 Å². The van der Waals surface area contributed by atoms with Gasteiger partial charge in [-0.15, -0.1) is 0 Å². The van der Waals surface area contributed by atoms with Crippen LogP contribution in [0.4, 0.5) is 5.69 Å². The maximum atomic E-state index is 11.9. The van der Waals surface area contributed by atoms with Gasteiger partial charge in [0.25, 0.3) is 5.91 Å². The first kappa shape index (κ1) is 14.0. The van der Waals surface area contributed by atoms with Gasteiger partial charge in [-0.3, -0.25) is 9.78 Å². The number of esters is 1. The van der Waals surface area contributed by atoms with Crippen LogP contribution in [-0.4, -0.2) is 29.0 Å². The summed E-state index contributed by atoms with van der Waals surface area (Å²) in [5.41, 5.74) is 0.864. The van der Waals surface area contributed by atoms with Crippen LogP contribution in [0.2, 0.25) is 5.15 Å². The van der Waals surface area contributed by atoms with Crippen LogP contribution in [0.1, 0.15) is 20.8 Å². The Morgan fingerprint density at radius 1 is 1.30 bits per heavy atom. The number of carbonyl (C=O) groups excluding carboxylic acids is 2. The van der Waals surface area contributed by atoms with E-state index in [9.17, 15) is 9.59 Å². The zero-order valence-electron chi connectivity index (χ0n) is 10.5. The van der Waals surface area contributed by atoms with E-state index in [4.69, 9.17) is 11.6 Å². The van der Waals surface area contributed by atoms with Gasteiger partial charge >= 0.3 is 5.97 Å². The molecule has 2 aromatic rings. The van der Waals surface area contributed by atoms with Gasteiger partial charge in [-0.2, -0.15) is 0 Å². The molecule has 0 aliphatic rings. The molecule has 102 valence electrons. The first-order valence-corrected chi connectivity index (χ1v) is 5.95. The van der Waals surface area contributed by atoms with Crippen LogP contribution in [0.15, 0.2) is 36.7 Å². The number of amides is 1. The van der Waals surface area contributed by atoms with Gasteiger partial charge in [0.2, 0.25) is 0 Å². The molecule has 0 saturated carbocycles. The van der Waals surface area contributed by atoms with Gasteiger partial charge in [-0.1, -0.05) is 17.7 Å². The van der Waals surface area contributed by atoms with E-state index in [-0.39, 0.29) is 10.8 Å². The topological polar surface area (TPSA) is 81.2 Å². The van der Waals surface area contributed by atoms with Gasteiger partial charge in [-0.05, 0) is 18.2 Å². The Morgan fingerprint density at radius 3 is 2.80 bits per heavy atom. The fourth-order valence-electron chi connectivity index (χ4n) is 1.49. The predicted octanol–water partition coefficient (Wildman–Crippen LogP) is 2.17. The Balaban J connectivity index is 2.18. The molecule has 1 N–H and O–H groups in total. The highest BCUT2D eigenvalue weighted by atomic mass is 35.5. The van der Waals surface area contributed by atoms with Crippen molar-refractivity contribution in [3.63, 3.8) is 0 Å². The SMILES string of the molecule is COC(=O)c1cccc(NC(=O)c2cncc(Cl)n2)c1. The Morgan fingerprint density at radius 2 is 2.10 bits per heavy atom. The summed E-state index contributed by atoms with van der Waals surface area (Å²) in [6, 6.07) is 6.36. The molecule has 1 heterocycles. The molecule has 1 amide bonds. The molecule has 6 nitrogen and oxygen atoms in total. The third-order valence-corrected chi connectivity index (χ3v) is 2.56. The monoisotopic (exact) mass is 291 g/mol. The van der Waals surface area contributed by atoms with Crippen molar-refractivity contribution < 1.29 is 14.3 Å². The van der Waals surface area contributed by atoms with E-state index in [0.29, 0.717) is 11.3 Å². The highest BCUT2D eigenvalue weighted by Crippen LogP contribution is 2.13. The minimum Gasteiger partial charge on any atom is -0.465 e. The van der Waals surface area contributed by atoms with Crippen molar-refractivity contribution in [3.8, 4) is 0 Å². The highest BCUT2D eigenvalue weighted by molar-refractivity contribution is 6.29. The Bertz CT molecular complexity index is 661. The summed E-state index contributed by atoms with van der Waals surface area (Å²) in [4.78, 5) is 30.9. The maximum Gasteiger partial charge on any atom is 0.337 e. The fourth-order valence-corrected chi connectivity index (χ4v) is 1.64. The Labute approximate surface area is 119 Å². The van der Waals surface area contributed by atoms with Crippen molar-refractivity contribution in [2.75, 3.05) is 12.4 Å². The molecular weight excluding hydrogens is 282 g/mol. The summed E-state index contributed by atoms with van der Waals surface area (Å²) >= 11 is 5.66. The molecule has 1 aromatic carbocycles. The normalized spacial score (nSPS) is 9.90. The minimum atomic E-state index is -0.483. The van der Waals surface area contributed by atoms with E-state index in [2.05, 4.69) is 20.0 Å². The molecule has 0 unspecified atom stereocenters. The largest absolute Gasteiger partial charge is 0.465 e. The van der Waals surface area contributed by atoms with Crippen molar-refractivity contribution in [2.45, 2.75) is 0 Å². The number of aromatic nitrogens is 2. The number of ether oxygens (including phenoxy) is 1. The van der Waals surface area contributed by atoms with Crippen molar-refractivity contribution in [3.05, 3.63) is 53.1 Å². The molecule has 20 heavy (non-hydrogen) atoms. The molecular formula is C13H10ClN3O3. The van der Waals surface area contributed by atoms with Gasteiger partial charge in [0, 0.05) is 5.69 Å². The molecule has 0 aliphatic heterocycles. The number of nitrogens with one attached hydrogen (secondary N) is 1. The van der Waals surface area contributed by atoms with Gasteiger partial charge in [0.15, 0.2) is 0 Å². The molecule has 0 spiro atoms. The quantitative estimate of drug-likeness (QED) is 0.877. The molecule has 0 aliphatic carbocycles. The van der Waals surface area contributed by atoms with Crippen molar-refractivity contribution in [1.29, 1.82) is 0 Å². The lowest BCUT2D eigenvalue weighted by Crippen LogP contribution is -2.14. The van der Waals surface area contributed by atoms with Crippen molar-refractivity contribution >= 4 is 29.2 Å². The lowest BCUT2D eigenvalue weighted by atomic mass is 10.2. The number of hydrogen-bond acceptors (Lipinski definition) is 5. The number of hydrogen-bond donors (Lipinski definition) is 1. The Hall–Kier alpha value is -2.47. The second kappa shape index (κ2) is 6.12. The zero-order valence-corrected chi connectivity index (χ0v) is 11.2. The van der Waals surface area contributed by atoms with Gasteiger partial charge in [-0.25, -0.2) is 9.78 Å². The molecule has 2 rings (SSSR count). The number of halogens is 1.